The number of hydrogen-bond donors (Lipinski definition) is 1. The van der Waals surface area contributed by atoms with Crippen LogP contribution in [0.1, 0.15) is 31.9 Å². The van der Waals surface area contributed by atoms with Gasteiger partial charge in [0.15, 0.2) is 0 Å². The van der Waals surface area contributed by atoms with Crippen molar-refractivity contribution in [2.24, 2.45) is 5.92 Å². The van der Waals surface area contributed by atoms with Crippen molar-refractivity contribution in [3.05, 3.63) is 11.8 Å². The van der Waals surface area contributed by atoms with Gasteiger partial charge in [0.05, 0.1) is 0 Å². The molecule has 13 heavy (non-hydrogen) atoms. The van der Waals surface area contributed by atoms with Crippen molar-refractivity contribution in [3.63, 3.8) is 0 Å². The lowest BCUT2D eigenvalue weighted by Gasteiger charge is -2.08. The maximum absolute atomic E-state index is 5.66. The van der Waals surface area contributed by atoms with Gasteiger partial charge in [0.25, 0.3) is 0 Å². The van der Waals surface area contributed by atoms with Gasteiger partial charge in [-0.1, -0.05) is 13.3 Å². The standard InChI is InChI=1S/C10H17N3/c1-2-8-4-3-5-13-9(6-8)7-10(11)12-13/h7-8H,2-6H2,1H3,(H2,11,12)/t8-/m0/s1. The second-order valence-corrected chi connectivity index (χ2v) is 3.90. The molecular formula is C10H17N3. The van der Waals surface area contributed by atoms with Crippen LogP contribution >= 0.6 is 0 Å². The summed E-state index contributed by atoms with van der Waals surface area (Å²) in [4.78, 5) is 0. The molecule has 72 valence electrons. The predicted octanol–water partition coefficient (Wildman–Crippen LogP) is 1.83. The SMILES string of the molecule is CC[C@H]1CCCn2nc(N)cc2C1. The summed E-state index contributed by atoms with van der Waals surface area (Å²) in [5.41, 5.74) is 6.99. The zero-order valence-corrected chi connectivity index (χ0v) is 8.16. The van der Waals surface area contributed by atoms with Crippen LogP contribution in [0.5, 0.6) is 0 Å². The van der Waals surface area contributed by atoms with E-state index in [0.29, 0.717) is 5.82 Å². The third kappa shape index (κ3) is 1.69. The highest BCUT2D eigenvalue weighted by Gasteiger charge is 2.16. The van der Waals surface area contributed by atoms with Crippen LogP contribution in [0.3, 0.4) is 0 Å². The summed E-state index contributed by atoms with van der Waals surface area (Å²) >= 11 is 0. The maximum Gasteiger partial charge on any atom is 0.145 e. The van der Waals surface area contributed by atoms with Gasteiger partial charge in [-0.15, -0.1) is 0 Å². The smallest absolute Gasteiger partial charge is 0.145 e. The second kappa shape index (κ2) is 3.40. The molecule has 0 radical (unpaired) electrons. The van der Waals surface area contributed by atoms with Crippen LogP contribution in [0.4, 0.5) is 5.82 Å². The van der Waals surface area contributed by atoms with E-state index in [1.54, 1.807) is 0 Å². The Hall–Kier alpha value is -0.990. The van der Waals surface area contributed by atoms with Crippen LogP contribution < -0.4 is 5.73 Å². The Labute approximate surface area is 78.9 Å². The van der Waals surface area contributed by atoms with Crippen LogP contribution in [0.25, 0.3) is 0 Å². The van der Waals surface area contributed by atoms with Crippen molar-refractivity contribution >= 4 is 5.82 Å². The molecule has 3 heteroatoms. The topological polar surface area (TPSA) is 43.8 Å². The Kier molecular flexibility index (Phi) is 2.25. The molecule has 1 aromatic rings. The molecule has 0 saturated heterocycles. The summed E-state index contributed by atoms with van der Waals surface area (Å²) in [6, 6.07) is 2.02. The van der Waals surface area contributed by atoms with Crippen molar-refractivity contribution in [2.45, 2.75) is 39.2 Å². The molecule has 2 rings (SSSR count). The molecule has 2 N–H and O–H groups in total. The van der Waals surface area contributed by atoms with Crippen molar-refractivity contribution in [2.75, 3.05) is 5.73 Å². The molecule has 0 saturated carbocycles. The first kappa shape index (κ1) is 8.60. The fourth-order valence-electron chi connectivity index (χ4n) is 2.11. The largest absolute Gasteiger partial charge is 0.382 e. The monoisotopic (exact) mass is 179 g/mol. The highest BCUT2D eigenvalue weighted by molar-refractivity contribution is 5.29. The van der Waals surface area contributed by atoms with E-state index < -0.39 is 0 Å². The quantitative estimate of drug-likeness (QED) is 0.714. The van der Waals surface area contributed by atoms with Crippen LogP contribution in [0.2, 0.25) is 0 Å². The minimum Gasteiger partial charge on any atom is -0.382 e. The maximum atomic E-state index is 5.66. The molecule has 0 amide bonds. The summed E-state index contributed by atoms with van der Waals surface area (Å²) in [6.07, 6.45) is 5.00. The summed E-state index contributed by atoms with van der Waals surface area (Å²) in [5.74, 6) is 1.50. The van der Waals surface area contributed by atoms with Crippen LogP contribution in [0, 0.1) is 5.92 Å². The molecule has 0 spiro atoms. The molecule has 0 unspecified atom stereocenters. The fraction of sp³-hybridized carbons (Fsp3) is 0.700. The molecule has 1 aliphatic rings. The lowest BCUT2D eigenvalue weighted by molar-refractivity contribution is 0.462. The third-order valence-electron chi connectivity index (χ3n) is 2.94. The van der Waals surface area contributed by atoms with Crippen LogP contribution in [0.15, 0.2) is 6.07 Å². The highest BCUT2D eigenvalue weighted by Crippen LogP contribution is 2.23. The van der Waals surface area contributed by atoms with Gasteiger partial charge in [0.2, 0.25) is 0 Å². The van der Waals surface area contributed by atoms with Gasteiger partial charge in [0, 0.05) is 18.3 Å². The first-order valence-corrected chi connectivity index (χ1v) is 5.11. The van der Waals surface area contributed by atoms with E-state index in [-0.39, 0.29) is 0 Å². The average Bonchev–Trinajstić information content (AvgIpc) is 2.33. The molecule has 2 heterocycles. The average molecular weight is 179 g/mol. The van der Waals surface area contributed by atoms with Crippen molar-refractivity contribution in [3.8, 4) is 0 Å². The number of anilines is 1. The minimum atomic E-state index is 0.673. The van der Waals surface area contributed by atoms with Gasteiger partial charge in [-0.05, 0) is 25.2 Å². The summed E-state index contributed by atoms with van der Waals surface area (Å²) in [6.45, 7) is 3.31. The second-order valence-electron chi connectivity index (χ2n) is 3.90. The number of nitrogens with two attached hydrogens (primary N) is 1. The molecule has 0 aromatic carbocycles. The van der Waals surface area contributed by atoms with Crippen molar-refractivity contribution < 1.29 is 0 Å². The van der Waals surface area contributed by atoms with Gasteiger partial charge < -0.3 is 5.73 Å². The third-order valence-corrected chi connectivity index (χ3v) is 2.94. The number of hydrogen-bond acceptors (Lipinski definition) is 2. The Balaban J connectivity index is 2.22. The molecule has 1 aromatic heterocycles. The summed E-state index contributed by atoms with van der Waals surface area (Å²) in [5, 5.41) is 4.27. The first-order valence-electron chi connectivity index (χ1n) is 5.11. The minimum absolute atomic E-state index is 0.673. The van der Waals surface area contributed by atoms with E-state index in [4.69, 9.17) is 5.73 Å². The van der Waals surface area contributed by atoms with Crippen molar-refractivity contribution in [1.82, 2.24) is 9.78 Å². The Morgan fingerprint density at radius 2 is 2.54 bits per heavy atom. The lowest BCUT2D eigenvalue weighted by Crippen LogP contribution is -2.03. The van der Waals surface area contributed by atoms with Crippen molar-refractivity contribution in [1.29, 1.82) is 0 Å². The Morgan fingerprint density at radius 3 is 3.31 bits per heavy atom. The number of nitrogen functional groups attached to an aromatic ring is 1. The van der Waals surface area contributed by atoms with Gasteiger partial charge in [-0.25, -0.2) is 0 Å². The molecule has 3 nitrogen and oxygen atoms in total. The zero-order chi connectivity index (χ0) is 9.26. The van der Waals surface area contributed by atoms with Gasteiger partial charge in [-0.3, -0.25) is 4.68 Å². The summed E-state index contributed by atoms with van der Waals surface area (Å²) < 4.78 is 2.07. The van der Waals surface area contributed by atoms with E-state index >= 15 is 0 Å². The molecular weight excluding hydrogens is 162 g/mol. The lowest BCUT2D eigenvalue weighted by atomic mass is 9.96. The van der Waals surface area contributed by atoms with E-state index in [2.05, 4.69) is 16.7 Å². The molecule has 0 aliphatic carbocycles. The number of fused-ring (bicyclic) bond motifs is 1. The first-order chi connectivity index (χ1) is 6.29. The predicted molar refractivity (Wildman–Crippen MR) is 53.4 cm³/mol. The summed E-state index contributed by atoms with van der Waals surface area (Å²) in [7, 11) is 0. The number of aryl methyl sites for hydroxylation is 1. The number of nitrogens with zero attached hydrogens (tertiary/aromatic N) is 2. The number of rotatable bonds is 1. The fourth-order valence-corrected chi connectivity index (χ4v) is 2.11. The highest BCUT2D eigenvalue weighted by atomic mass is 15.3. The number of aromatic nitrogens is 2. The van der Waals surface area contributed by atoms with E-state index in [0.717, 1.165) is 18.9 Å². The van der Waals surface area contributed by atoms with Gasteiger partial charge >= 0.3 is 0 Å². The molecule has 1 atom stereocenters. The van der Waals surface area contributed by atoms with Gasteiger partial charge in [0.1, 0.15) is 5.82 Å². The molecule has 1 aliphatic heterocycles. The molecule has 0 fully saturated rings. The van der Waals surface area contributed by atoms with Crippen LogP contribution in [-0.2, 0) is 13.0 Å². The Morgan fingerprint density at radius 1 is 1.69 bits per heavy atom. The zero-order valence-electron chi connectivity index (χ0n) is 8.16. The van der Waals surface area contributed by atoms with E-state index in [1.165, 1.54) is 25.0 Å². The molecule has 0 bridgehead atoms. The normalized spacial score (nSPS) is 22.4. The van der Waals surface area contributed by atoms with Gasteiger partial charge in [-0.2, -0.15) is 5.10 Å². The Bertz CT molecular complexity index is 290. The van der Waals surface area contributed by atoms with E-state index in [9.17, 15) is 0 Å². The van der Waals surface area contributed by atoms with Crippen LogP contribution in [-0.4, -0.2) is 9.78 Å². The van der Waals surface area contributed by atoms with E-state index in [1.807, 2.05) is 6.07 Å².